The zero-order valence-corrected chi connectivity index (χ0v) is 16.9. The summed E-state index contributed by atoms with van der Waals surface area (Å²) >= 11 is 12.2. The number of carbonyl (C=O) groups excluding carboxylic acids is 1. The molecule has 0 aromatic heterocycles. The lowest BCUT2D eigenvalue weighted by molar-refractivity contribution is 0.101. The van der Waals surface area contributed by atoms with Crippen LogP contribution in [0.4, 0.5) is 4.39 Å². The van der Waals surface area contributed by atoms with Gasteiger partial charge in [0, 0.05) is 16.1 Å². The molecule has 0 spiro atoms. The Kier molecular flexibility index (Phi) is 5.31. The van der Waals surface area contributed by atoms with Gasteiger partial charge in [0.05, 0.1) is 10.6 Å². The molecule has 0 saturated heterocycles. The van der Waals surface area contributed by atoms with E-state index in [9.17, 15) is 9.18 Å². The number of Topliss-reactive ketones (excluding diaryl/α,β-unsaturated/α-hetero) is 1. The lowest BCUT2D eigenvalue weighted by Gasteiger charge is -2.12. The van der Waals surface area contributed by atoms with Crippen molar-refractivity contribution >= 4 is 35.1 Å². The second-order valence-corrected chi connectivity index (χ2v) is 7.33. The summed E-state index contributed by atoms with van der Waals surface area (Å²) in [5.74, 6) is 0.421. The number of allylic oxidation sites excluding steroid dienone is 1. The van der Waals surface area contributed by atoms with E-state index < -0.39 is 5.82 Å². The summed E-state index contributed by atoms with van der Waals surface area (Å²) in [5.41, 5.74) is 2.04. The topological polar surface area (TPSA) is 35.5 Å². The van der Waals surface area contributed by atoms with Gasteiger partial charge in [0.2, 0.25) is 5.78 Å². The van der Waals surface area contributed by atoms with E-state index in [1.807, 2.05) is 12.1 Å². The Hall–Kier alpha value is -2.82. The van der Waals surface area contributed by atoms with Crippen molar-refractivity contribution in [2.75, 3.05) is 0 Å². The number of hydrogen-bond donors (Lipinski definition) is 0. The zero-order chi connectivity index (χ0) is 20.5. The maximum atomic E-state index is 14.0. The van der Waals surface area contributed by atoms with Gasteiger partial charge in [-0.15, -0.1) is 0 Å². The van der Waals surface area contributed by atoms with Gasteiger partial charge >= 0.3 is 0 Å². The van der Waals surface area contributed by atoms with Gasteiger partial charge in [-0.2, -0.15) is 0 Å². The first-order chi connectivity index (χ1) is 14.0. The quantitative estimate of drug-likeness (QED) is 0.437. The van der Waals surface area contributed by atoms with Crippen molar-refractivity contribution in [2.45, 2.75) is 13.5 Å². The Labute approximate surface area is 177 Å². The largest absolute Gasteiger partial charge is 0.488 e. The molecule has 0 fully saturated rings. The second-order valence-electron chi connectivity index (χ2n) is 6.52. The van der Waals surface area contributed by atoms with Crippen molar-refractivity contribution in [1.29, 1.82) is 0 Å². The molecular weight excluding hydrogens is 414 g/mol. The minimum atomic E-state index is -0.437. The molecule has 0 atom stereocenters. The molecule has 3 aromatic carbocycles. The van der Waals surface area contributed by atoms with Gasteiger partial charge in [-0.05, 0) is 48.9 Å². The molecule has 0 aliphatic carbocycles. The molecule has 0 bridgehead atoms. The summed E-state index contributed by atoms with van der Waals surface area (Å²) in [6, 6.07) is 15.0. The van der Waals surface area contributed by atoms with E-state index in [0.29, 0.717) is 38.2 Å². The number of rotatable bonds is 4. The van der Waals surface area contributed by atoms with Gasteiger partial charge < -0.3 is 9.47 Å². The van der Waals surface area contributed by atoms with Crippen molar-refractivity contribution in [3.05, 3.63) is 98.5 Å². The summed E-state index contributed by atoms with van der Waals surface area (Å²) in [7, 11) is 0. The van der Waals surface area contributed by atoms with Crippen LogP contribution in [0.2, 0.25) is 10.0 Å². The fourth-order valence-electron chi connectivity index (χ4n) is 3.08. The number of carbonyl (C=O) groups is 1. The fourth-order valence-corrected chi connectivity index (χ4v) is 3.49. The van der Waals surface area contributed by atoms with Crippen molar-refractivity contribution in [1.82, 2.24) is 0 Å². The monoisotopic (exact) mass is 428 g/mol. The van der Waals surface area contributed by atoms with E-state index in [2.05, 4.69) is 0 Å². The molecule has 0 amide bonds. The van der Waals surface area contributed by atoms with E-state index >= 15 is 0 Å². The van der Waals surface area contributed by atoms with Crippen LogP contribution in [-0.4, -0.2) is 5.78 Å². The van der Waals surface area contributed by atoms with Crippen LogP contribution in [0.5, 0.6) is 11.5 Å². The van der Waals surface area contributed by atoms with Gasteiger partial charge in [0.15, 0.2) is 5.76 Å². The third-order valence-corrected chi connectivity index (χ3v) is 5.36. The molecule has 4 rings (SSSR count). The molecule has 6 heteroatoms. The summed E-state index contributed by atoms with van der Waals surface area (Å²) < 4.78 is 25.5. The van der Waals surface area contributed by atoms with E-state index in [1.165, 1.54) is 12.1 Å². The van der Waals surface area contributed by atoms with Crippen LogP contribution in [0.3, 0.4) is 0 Å². The summed E-state index contributed by atoms with van der Waals surface area (Å²) in [5, 5.41) is 0.815. The fraction of sp³-hybridized carbons (Fsp3) is 0.0870. The molecule has 1 aliphatic heterocycles. The average molecular weight is 429 g/mol. The molecule has 1 heterocycles. The zero-order valence-electron chi connectivity index (χ0n) is 15.3. The number of benzene rings is 3. The number of ether oxygens (including phenoxy) is 2. The first-order valence-electron chi connectivity index (χ1n) is 8.84. The summed E-state index contributed by atoms with van der Waals surface area (Å²) in [4.78, 5) is 12.7. The number of halogens is 3. The van der Waals surface area contributed by atoms with E-state index in [1.54, 1.807) is 43.3 Å². The Balaban J connectivity index is 1.61. The van der Waals surface area contributed by atoms with Crippen LogP contribution in [0.25, 0.3) is 6.08 Å². The normalized spacial score (nSPS) is 14.1. The van der Waals surface area contributed by atoms with E-state index in [-0.39, 0.29) is 23.7 Å². The third-order valence-electron chi connectivity index (χ3n) is 4.66. The molecule has 0 radical (unpaired) electrons. The van der Waals surface area contributed by atoms with Crippen LogP contribution in [0.15, 0.2) is 60.4 Å². The van der Waals surface area contributed by atoms with Crippen LogP contribution in [0, 0.1) is 12.7 Å². The minimum Gasteiger partial charge on any atom is -0.488 e. The molecule has 0 saturated carbocycles. The van der Waals surface area contributed by atoms with Gasteiger partial charge in [0.25, 0.3) is 0 Å². The van der Waals surface area contributed by atoms with Gasteiger partial charge in [0.1, 0.15) is 23.9 Å². The van der Waals surface area contributed by atoms with Crippen LogP contribution < -0.4 is 9.47 Å². The summed E-state index contributed by atoms with van der Waals surface area (Å²) in [6.07, 6.45) is 1.61. The van der Waals surface area contributed by atoms with Gasteiger partial charge in [-0.1, -0.05) is 47.5 Å². The van der Waals surface area contributed by atoms with Crippen molar-refractivity contribution in [3.8, 4) is 11.5 Å². The maximum absolute atomic E-state index is 14.0. The van der Waals surface area contributed by atoms with Gasteiger partial charge in [-0.3, -0.25) is 4.79 Å². The van der Waals surface area contributed by atoms with E-state index in [4.69, 9.17) is 32.7 Å². The van der Waals surface area contributed by atoms with Crippen LogP contribution in [0.1, 0.15) is 27.0 Å². The van der Waals surface area contributed by atoms with Crippen LogP contribution >= 0.6 is 23.2 Å². The molecule has 3 aromatic rings. The highest BCUT2D eigenvalue weighted by Crippen LogP contribution is 2.40. The lowest BCUT2D eigenvalue weighted by atomic mass is 10.1. The molecule has 0 unspecified atom stereocenters. The standard InChI is InChI=1S/C23H15Cl2FO3/c1-13-20(28-12-16-18(25)7-4-8-19(16)26)10-9-15-22(27)21(29-23(13)15)11-14-5-2-3-6-17(14)24/h2-11H,12H2,1H3/b21-11-. The highest BCUT2D eigenvalue weighted by Gasteiger charge is 2.30. The molecule has 0 N–H and O–H groups in total. The lowest BCUT2D eigenvalue weighted by Crippen LogP contribution is -2.01. The molecule has 146 valence electrons. The van der Waals surface area contributed by atoms with Gasteiger partial charge in [-0.25, -0.2) is 4.39 Å². The maximum Gasteiger partial charge on any atom is 0.231 e. The Morgan fingerprint density at radius 2 is 1.79 bits per heavy atom. The SMILES string of the molecule is Cc1c(OCc2c(F)cccc2Cl)ccc2c1O/C(=C\c1ccccc1Cl)C2=O. The summed E-state index contributed by atoms with van der Waals surface area (Å²) in [6.45, 7) is 1.74. The number of ketones is 1. The minimum absolute atomic E-state index is 0.0403. The Morgan fingerprint density at radius 1 is 1.03 bits per heavy atom. The molecule has 1 aliphatic rings. The number of hydrogen-bond acceptors (Lipinski definition) is 3. The predicted octanol–water partition coefficient (Wildman–Crippen LogP) is 6.64. The number of fused-ring (bicyclic) bond motifs is 1. The molecular formula is C23H15Cl2FO3. The highest BCUT2D eigenvalue weighted by molar-refractivity contribution is 6.32. The molecule has 29 heavy (non-hydrogen) atoms. The van der Waals surface area contributed by atoms with Crippen molar-refractivity contribution in [2.24, 2.45) is 0 Å². The Morgan fingerprint density at radius 3 is 2.55 bits per heavy atom. The third kappa shape index (κ3) is 3.74. The first-order valence-corrected chi connectivity index (χ1v) is 9.59. The molecule has 3 nitrogen and oxygen atoms in total. The van der Waals surface area contributed by atoms with Crippen LogP contribution in [-0.2, 0) is 6.61 Å². The van der Waals surface area contributed by atoms with Crippen molar-refractivity contribution in [3.63, 3.8) is 0 Å². The first kappa shape index (κ1) is 19.5. The van der Waals surface area contributed by atoms with Crippen molar-refractivity contribution < 1.29 is 18.7 Å². The highest BCUT2D eigenvalue weighted by atomic mass is 35.5. The average Bonchev–Trinajstić information content (AvgIpc) is 3.01. The predicted molar refractivity (Wildman–Crippen MR) is 111 cm³/mol. The smallest absolute Gasteiger partial charge is 0.231 e. The second kappa shape index (κ2) is 7.90. The van der Waals surface area contributed by atoms with E-state index in [0.717, 1.165) is 0 Å². The Bertz CT molecular complexity index is 1130.